The second-order valence-electron chi connectivity index (χ2n) is 6.91. The summed E-state index contributed by atoms with van der Waals surface area (Å²) in [6.07, 6.45) is 3.06. The zero-order valence-corrected chi connectivity index (χ0v) is 19.8. The van der Waals surface area contributed by atoms with Crippen LogP contribution in [0.15, 0.2) is 59.5 Å². The summed E-state index contributed by atoms with van der Waals surface area (Å²) in [5.74, 6) is 0. The number of hydrogen-bond donors (Lipinski definition) is 1. The van der Waals surface area contributed by atoms with Crippen molar-refractivity contribution >= 4 is 43.1 Å². The Morgan fingerprint density at radius 2 is 1.55 bits per heavy atom. The fourth-order valence-electron chi connectivity index (χ4n) is 2.95. The lowest BCUT2D eigenvalue weighted by Crippen LogP contribution is -2.12. The Balaban J connectivity index is 2.25. The molecule has 0 aliphatic rings. The SMILES string of the molecule is CS(=O)(=O)c1ccc(/C(COC(=O)OCCCCCBr)=C(/CO)c2ccccc2)cc1. The van der Waals surface area contributed by atoms with E-state index in [9.17, 15) is 18.3 Å². The van der Waals surface area contributed by atoms with Gasteiger partial charge in [-0.25, -0.2) is 13.2 Å². The Labute approximate surface area is 191 Å². The third-order valence-electron chi connectivity index (χ3n) is 4.61. The average molecular weight is 511 g/mol. The molecule has 0 atom stereocenters. The van der Waals surface area contributed by atoms with Crippen LogP contribution in [0.3, 0.4) is 0 Å². The van der Waals surface area contributed by atoms with E-state index in [4.69, 9.17) is 9.47 Å². The number of sulfone groups is 1. The number of benzene rings is 2. The molecule has 2 aromatic rings. The van der Waals surface area contributed by atoms with Gasteiger partial charge in [-0.15, -0.1) is 0 Å². The third-order valence-corrected chi connectivity index (χ3v) is 6.30. The normalized spacial score (nSPS) is 12.2. The van der Waals surface area contributed by atoms with Crippen molar-refractivity contribution in [2.75, 3.05) is 31.4 Å². The van der Waals surface area contributed by atoms with Crippen LogP contribution in [0.4, 0.5) is 4.79 Å². The Morgan fingerprint density at radius 3 is 2.13 bits per heavy atom. The molecule has 0 saturated heterocycles. The van der Waals surface area contributed by atoms with Gasteiger partial charge in [-0.2, -0.15) is 0 Å². The molecule has 1 N–H and O–H groups in total. The summed E-state index contributed by atoms with van der Waals surface area (Å²) >= 11 is 3.36. The molecule has 0 unspecified atom stereocenters. The van der Waals surface area contributed by atoms with Gasteiger partial charge in [-0.05, 0) is 48.1 Å². The molecule has 0 fully saturated rings. The first-order valence-corrected chi connectivity index (χ1v) is 12.9. The fourth-order valence-corrected chi connectivity index (χ4v) is 3.98. The van der Waals surface area contributed by atoms with Crippen molar-refractivity contribution in [1.29, 1.82) is 0 Å². The highest BCUT2D eigenvalue weighted by atomic mass is 79.9. The van der Waals surface area contributed by atoms with E-state index in [0.717, 1.165) is 36.4 Å². The summed E-state index contributed by atoms with van der Waals surface area (Å²) in [5.41, 5.74) is 2.58. The Kier molecular flexibility index (Phi) is 10.2. The first kappa shape index (κ1) is 25.1. The van der Waals surface area contributed by atoms with Crippen molar-refractivity contribution in [2.45, 2.75) is 24.2 Å². The quantitative estimate of drug-likeness (QED) is 0.203. The van der Waals surface area contributed by atoms with Gasteiger partial charge in [-0.3, -0.25) is 0 Å². The molecule has 0 radical (unpaired) electrons. The largest absolute Gasteiger partial charge is 0.508 e. The van der Waals surface area contributed by atoms with Crippen molar-refractivity contribution in [3.8, 4) is 0 Å². The van der Waals surface area contributed by atoms with Crippen molar-refractivity contribution in [1.82, 2.24) is 0 Å². The molecule has 31 heavy (non-hydrogen) atoms. The number of halogens is 1. The Morgan fingerprint density at radius 1 is 0.903 bits per heavy atom. The molecule has 0 bridgehead atoms. The number of aliphatic hydroxyl groups is 1. The topological polar surface area (TPSA) is 89.9 Å². The summed E-state index contributed by atoms with van der Waals surface area (Å²) < 4.78 is 34.0. The van der Waals surface area contributed by atoms with Crippen LogP contribution < -0.4 is 0 Å². The Hall–Kier alpha value is -2.16. The highest BCUT2D eigenvalue weighted by Crippen LogP contribution is 2.27. The van der Waals surface area contributed by atoms with E-state index in [1.807, 2.05) is 30.3 Å². The monoisotopic (exact) mass is 510 g/mol. The van der Waals surface area contributed by atoms with Crippen molar-refractivity contribution in [3.63, 3.8) is 0 Å². The molecule has 2 aromatic carbocycles. The van der Waals surface area contributed by atoms with E-state index in [-0.39, 0.29) is 24.7 Å². The molecule has 2 rings (SSSR count). The van der Waals surface area contributed by atoms with Gasteiger partial charge < -0.3 is 14.6 Å². The molecular formula is C23H27BrO6S. The van der Waals surface area contributed by atoms with Gasteiger partial charge in [0.2, 0.25) is 0 Å². The molecule has 0 saturated carbocycles. The number of ether oxygens (including phenoxy) is 2. The molecule has 0 heterocycles. The average Bonchev–Trinajstić information content (AvgIpc) is 2.76. The van der Waals surface area contributed by atoms with E-state index in [0.29, 0.717) is 16.7 Å². The summed E-state index contributed by atoms with van der Waals surface area (Å²) in [4.78, 5) is 12.2. The third kappa shape index (κ3) is 8.12. The van der Waals surface area contributed by atoms with E-state index in [2.05, 4.69) is 15.9 Å². The van der Waals surface area contributed by atoms with Gasteiger partial charge >= 0.3 is 6.16 Å². The van der Waals surface area contributed by atoms with Gasteiger partial charge in [0.25, 0.3) is 0 Å². The van der Waals surface area contributed by atoms with Crippen molar-refractivity contribution in [3.05, 3.63) is 65.7 Å². The highest BCUT2D eigenvalue weighted by molar-refractivity contribution is 9.09. The fraction of sp³-hybridized carbons (Fsp3) is 0.348. The molecule has 8 heteroatoms. The number of aliphatic hydroxyl groups excluding tert-OH is 1. The van der Waals surface area contributed by atoms with Gasteiger partial charge in [0, 0.05) is 17.2 Å². The maximum atomic E-state index is 12.0. The van der Waals surface area contributed by atoms with Crippen LogP contribution in [0.1, 0.15) is 30.4 Å². The standard InChI is InChI=1S/C23H27BrO6S/c1-31(27,28)20-12-10-19(11-13-20)22(21(16-25)18-8-4-2-5-9-18)17-30-23(26)29-15-7-3-6-14-24/h2,4-5,8-13,25H,3,6-7,14-17H2,1H3/b22-21-. The van der Waals surface area contributed by atoms with Gasteiger partial charge in [0.05, 0.1) is 18.1 Å². The molecule has 0 amide bonds. The highest BCUT2D eigenvalue weighted by Gasteiger charge is 2.16. The number of alkyl halides is 1. The molecule has 0 aliphatic carbocycles. The smallest absolute Gasteiger partial charge is 0.434 e. The Bertz CT molecular complexity index is 969. The maximum absolute atomic E-state index is 12.0. The molecule has 0 spiro atoms. The number of unbranched alkanes of at least 4 members (excludes halogenated alkanes) is 2. The lowest BCUT2D eigenvalue weighted by Gasteiger charge is -2.16. The van der Waals surface area contributed by atoms with Crippen molar-refractivity contribution < 1.29 is 27.8 Å². The summed E-state index contributed by atoms with van der Waals surface area (Å²) in [5, 5.41) is 11.0. The van der Waals surface area contributed by atoms with Gasteiger partial charge in [0.1, 0.15) is 6.61 Å². The molecule has 6 nitrogen and oxygen atoms in total. The van der Waals surface area contributed by atoms with Crippen LogP contribution in [-0.4, -0.2) is 51.1 Å². The maximum Gasteiger partial charge on any atom is 0.508 e. The minimum absolute atomic E-state index is 0.122. The molecule has 168 valence electrons. The van der Waals surface area contributed by atoms with E-state index < -0.39 is 16.0 Å². The molecule has 0 aromatic heterocycles. The van der Waals surface area contributed by atoms with Crippen molar-refractivity contribution in [2.24, 2.45) is 0 Å². The predicted octanol–water partition coefficient (Wildman–Crippen LogP) is 4.71. The van der Waals surface area contributed by atoms with E-state index in [1.54, 1.807) is 12.1 Å². The van der Waals surface area contributed by atoms with Crippen LogP contribution >= 0.6 is 15.9 Å². The van der Waals surface area contributed by atoms with Gasteiger partial charge in [-0.1, -0.05) is 58.4 Å². The van der Waals surface area contributed by atoms with Crippen LogP contribution in [-0.2, 0) is 19.3 Å². The van der Waals surface area contributed by atoms with Gasteiger partial charge in [0.15, 0.2) is 9.84 Å². The summed E-state index contributed by atoms with van der Waals surface area (Å²) in [6, 6.07) is 15.5. The zero-order chi connectivity index (χ0) is 22.7. The summed E-state index contributed by atoms with van der Waals surface area (Å²) in [6.45, 7) is -0.124. The number of rotatable bonds is 11. The second-order valence-corrected chi connectivity index (χ2v) is 9.72. The second kappa shape index (κ2) is 12.6. The van der Waals surface area contributed by atoms with Crippen LogP contribution in [0.5, 0.6) is 0 Å². The number of carbonyl (C=O) groups excluding carboxylic acids is 1. The summed E-state index contributed by atoms with van der Waals surface area (Å²) in [7, 11) is -3.34. The minimum Gasteiger partial charge on any atom is -0.434 e. The predicted molar refractivity (Wildman–Crippen MR) is 125 cm³/mol. The number of hydrogen-bond acceptors (Lipinski definition) is 6. The zero-order valence-electron chi connectivity index (χ0n) is 17.4. The van der Waals surface area contributed by atoms with Crippen LogP contribution in [0.25, 0.3) is 11.1 Å². The lowest BCUT2D eigenvalue weighted by atomic mass is 9.95. The molecule has 0 aliphatic heterocycles. The first-order valence-electron chi connectivity index (χ1n) is 9.91. The number of carbonyl (C=O) groups is 1. The molecular weight excluding hydrogens is 484 g/mol. The van der Waals surface area contributed by atoms with Crippen LogP contribution in [0.2, 0.25) is 0 Å². The first-order chi connectivity index (χ1) is 14.9. The van der Waals surface area contributed by atoms with Crippen LogP contribution in [0, 0.1) is 0 Å². The lowest BCUT2D eigenvalue weighted by molar-refractivity contribution is 0.0634. The van der Waals surface area contributed by atoms with E-state index >= 15 is 0 Å². The minimum atomic E-state index is -3.34. The van der Waals surface area contributed by atoms with E-state index in [1.165, 1.54) is 12.1 Å².